The lowest BCUT2D eigenvalue weighted by Gasteiger charge is -2.19. The number of nitrogens with two attached hydrogens (primary N) is 2. The standard InChI is InChI=1S/C31H38N6O4.C6H5ClFN/c1-22(18-32)27(19-33)28-17-29(36(35-28)20-24-11-13-26(40-2)14-12-24)34-15-7-6-10-30(38)37-25(21-41-31(37)39)16-23-8-4-3-5-9-23;1-4-2-5(8)6(7)9-3-4/h3-5,8-9,11-14,17-19,25,34H,6-7,10,15-16,20-21,32-33H2,1-2H3;2-3H,1H3/b22-18-,27-19+;. The molecule has 1 fully saturated rings. The zero-order valence-corrected chi connectivity index (χ0v) is 29.2. The number of amides is 2. The number of ether oxygens (including phenoxy) is 2. The van der Waals surface area contributed by atoms with E-state index in [2.05, 4.69) is 10.3 Å². The topological polar surface area (TPSA) is 151 Å². The molecule has 4 aromatic rings. The number of aryl methyl sites for hydroxylation is 1. The van der Waals surface area contributed by atoms with Crippen molar-refractivity contribution >= 4 is 35.0 Å². The average Bonchev–Trinajstić information content (AvgIpc) is 3.69. The first-order chi connectivity index (χ1) is 24.1. The van der Waals surface area contributed by atoms with Crippen molar-refractivity contribution in [3.63, 3.8) is 0 Å². The Bertz CT molecular complexity index is 1800. The van der Waals surface area contributed by atoms with Gasteiger partial charge in [0.05, 0.1) is 25.4 Å². The number of imide groups is 1. The van der Waals surface area contributed by atoms with Crippen LogP contribution in [0.25, 0.3) is 5.57 Å². The molecule has 2 aromatic heterocycles. The van der Waals surface area contributed by atoms with E-state index in [0.29, 0.717) is 31.6 Å². The van der Waals surface area contributed by atoms with Crippen molar-refractivity contribution in [3.8, 4) is 5.75 Å². The van der Waals surface area contributed by atoms with E-state index < -0.39 is 11.9 Å². The maximum Gasteiger partial charge on any atom is 0.416 e. The molecule has 2 amide bonds. The lowest BCUT2D eigenvalue weighted by atomic mass is 10.1. The van der Waals surface area contributed by atoms with Crippen molar-refractivity contribution in [1.29, 1.82) is 0 Å². The molecular weight excluding hydrogens is 661 g/mol. The monoisotopic (exact) mass is 703 g/mol. The van der Waals surface area contributed by atoms with Gasteiger partial charge in [-0.1, -0.05) is 54.1 Å². The zero-order chi connectivity index (χ0) is 36.0. The number of pyridine rings is 1. The van der Waals surface area contributed by atoms with Crippen LogP contribution in [-0.2, 0) is 22.5 Å². The normalized spacial score (nSPS) is 14.5. The number of aromatic nitrogens is 3. The summed E-state index contributed by atoms with van der Waals surface area (Å²) in [5.41, 5.74) is 16.8. The minimum atomic E-state index is -0.561. The molecule has 0 aliphatic carbocycles. The molecule has 0 radical (unpaired) electrons. The predicted octanol–water partition coefficient (Wildman–Crippen LogP) is 6.46. The van der Waals surface area contributed by atoms with Crippen LogP contribution < -0.4 is 21.5 Å². The maximum absolute atomic E-state index is 12.9. The van der Waals surface area contributed by atoms with Crippen molar-refractivity contribution in [2.75, 3.05) is 25.6 Å². The van der Waals surface area contributed by atoms with Gasteiger partial charge in [-0.15, -0.1) is 0 Å². The average molecular weight is 704 g/mol. The number of cyclic esters (lactones) is 1. The Kier molecular flexibility index (Phi) is 13.8. The number of nitrogens with one attached hydrogen (secondary N) is 1. The zero-order valence-electron chi connectivity index (χ0n) is 28.4. The number of anilines is 1. The molecule has 13 heteroatoms. The minimum Gasteiger partial charge on any atom is -0.497 e. The third kappa shape index (κ3) is 10.3. The lowest BCUT2D eigenvalue weighted by Crippen LogP contribution is -2.40. The fourth-order valence-electron chi connectivity index (χ4n) is 5.28. The van der Waals surface area contributed by atoms with E-state index in [-0.39, 0.29) is 30.1 Å². The summed E-state index contributed by atoms with van der Waals surface area (Å²) in [6.07, 6.45) is 6.16. The Morgan fingerprint density at radius 2 is 1.84 bits per heavy atom. The number of unbranched alkanes of at least 4 members (excludes halogenated alkanes) is 1. The molecule has 50 heavy (non-hydrogen) atoms. The van der Waals surface area contributed by atoms with Gasteiger partial charge in [0.15, 0.2) is 11.0 Å². The molecule has 0 saturated carbocycles. The van der Waals surface area contributed by atoms with Gasteiger partial charge in [-0.05, 0) is 79.8 Å². The second kappa shape index (κ2) is 18.4. The minimum absolute atomic E-state index is 0.0689. The molecule has 3 heterocycles. The summed E-state index contributed by atoms with van der Waals surface area (Å²) in [5, 5.41) is 8.16. The fourth-order valence-corrected chi connectivity index (χ4v) is 5.38. The second-order valence-corrected chi connectivity index (χ2v) is 12.1. The molecule has 1 aliphatic heterocycles. The van der Waals surface area contributed by atoms with E-state index in [9.17, 15) is 14.0 Å². The van der Waals surface area contributed by atoms with Crippen LogP contribution in [0.1, 0.15) is 48.6 Å². The molecule has 264 valence electrons. The van der Waals surface area contributed by atoms with Gasteiger partial charge in [-0.3, -0.25) is 4.79 Å². The summed E-state index contributed by atoms with van der Waals surface area (Å²) in [6.45, 7) is 5.01. The molecule has 1 unspecified atom stereocenters. The molecule has 2 aromatic carbocycles. The van der Waals surface area contributed by atoms with E-state index in [4.69, 9.17) is 37.6 Å². The van der Waals surface area contributed by atoms with Crippen LogP contribution in [-0.4, -0.2) is 58.0 Å². The van der Waals surface area contributed by atoms with Crippen molar-refractivity contribution in [2.45, 2.75) is 52.1 Å². The van der Waals surface area contributed by atoms with Gasteiger partial charge < -0.3 is 26.3 Å². The van der Waals surface area contributed by atoms with Gasteiger partial charge >= 0.3 is 6.09 Å². The fraction of sp³-hybridized carbons (Fsp3) is 0.297. The number of hydrogen-bond acceptors (Lipinski definition) is 9. The summed E-state index contributed by atoms with van der Waals surface area (Å²) < 4.78 is 24.7. The molecule has 5 rings (SSSR count). The van der Waals surface area contributed by atoms with E-state index in [1.165, 1.54) is 29.6 Å². The van der Waals surface area contributed by atoms with E-state index in [1.807, 2.05) is 72.3 Å². The van der Waals surface area contributed by atoms with Crippen LogP contribution in [0.15, 0.2) is 90.9 Å². The smallest absolute Gasteiger partial charge is 0.416 e. The van der Waals surface area contributed by atoms with Gasteiger partial charge in [-0.25, -0.2) is 23.8 Å². The molecule has 1 saturated heterocycles. The Labute approximate surface area is 296 Å². The molecule has 0 spiro atoms. The third-order valence-electron chi connectivity index (χ3n) is 7.99. The van der Waals surface area contributed by atoms with Crippen molar-refractivity contribution in [1.82, 2.24) is 19.7 Å². The first-order valence-corrected chi connectivity index (χ1v) is 16.6. The predicted molar refractivity (Wildman–Crippen MR) is 193 cm³/mol. The number of allylic oxidation sites excluding steroid dienone is 2. The largest absolute Gasteiger partial charge is 0.497 e. The van der Waals surface area contributed by atoms with E-state index >= 15 is 0 Å². The summed E-state index contributed by atoms with van der Waals surface area (Å²) in [6, 6.07) is 20.6. The molecule has 0 bridgehead atoms. The van der Waals surface area contributed by atoms with Gasteiger partial charge in [0, 0.05) is 37.0 Å². The number of halogens is 2. The van der Waals surface area contributed by atoms with Crippen LogP contribution in [0.4, 0.5) is 15.0 Å². The Morgan fingerprint density at radius 3 is 2.48 bits per heavy atom. The van der Waals surface area contributed by atoms with Gasteiger partial charge in [0.2, 0.25) is 5.91 Å². The number of rotatable bonds is 13. The van der Waals surface area contributed by atoms with Crippen molar-refractivity contribution < 1.29 is 23.5 Å². The summed E-state index contributed by atoms with van der Waals surface area (Å²) >= 11 is 5.29. The Morgan fingerprint density at radius 1 is 1.10 bits per heavy atom. The summed E-state index contributed by atoms with van der Waals surface area (Å²) in [7, 11) is 1.64. The maximum atomic E-state index is 12.9. The van der Waals surface area contributed by atoms with Crippen LogP contribution in [0.2, 0.25) is 5.15 Å². The first-order valence-electron chi connectivity index (χ1n) is 16.2. The third-order valence-corrected chi connectivity index (χ3v) is 8.27. The highest BCUT2D eigenvalue weighted by Crippen LogP contribution is 2.25. The quantitative estimate of drug-likeness (QED) is 0.0810. The number of carbonyl (C=O) groups excluding carboxylic acids is 2. The highest BCUT2D eigenvalue weighted by Gasteiger charge is 2.37. The van der Waals surface area contributed by atoms with Crippen LogP contribution in [0.5, 0.6) is 5.75 Å². The summed E-state index contributed by atoms with van der Waals surface area (Å²) in [5.74, 6) is 0.935. The van der Waals surface area contributed by atoms with Crippen LogP contribution >= 0.6 is 11.6 Å². The Hall–Kier alpha value is -5.36. The lowest BCUT2D eigenvalue weighted by molar-refractivity contribution is -0.129. The van der Waals surface area contributed by atoms with Gasteiger partial charge in [0.1, 0.15) is 18.2 Å². The van der Waals surface area contributed by atoms with E-state index in [0.717, 1.165) is 45.8 Å². The Balaban J connectivity index is 0.000000541. The molecule has 1 atom stereocenters. The number of hydrogen-bond donors (Lipinski definition) is 3. The van der Waals surface area contributed by atoms with Crippen LogP contribution in [0.3, 0.4) is 0 Å². The van der Waals surface area contributed by atoms with Crippen molar-refractivity contribution in [3.05, 3.63) is 124 Å². The first kappa shape index (κ1) is 37.5. The molecule has 11 nitrogen and oxygen atoms in total. The number of nitrogens with zero attached hydrogens (tertiary/aromatic N) is 4. The van der Waals surface area contributed by atoms with Gasteiger partial charge in [-0.2, -0.15) is 5.10 Å². The number of benzene rings is 2. The second-order valence-electron chi connectivity index (χ2n) is 11.7. The van der Waals surface area contributed by atoms with Crippen LogP contribution in [0, 0.1) is 12.7 Å². The molecule has 1 aliphatic rings. The van der Waals surface area contributed by atoms with Gasteiger partial charge in [0.25, 0.3) is 0 Å². The number of methoxy groups -OCH3 is 1. The van der Waals surface area contributed by atoms with Crippen molar-refractivity contribution in [2.24, 2.45) is 11.5 Å². The number of carbonyl (C=O) groups is 2. The molecule has 5 N–H and O–H groups in total. The van der Waals surface area contributed by atoms with E-state index in [1.54, 1.807) is 14.0 Å². The SMILES string of the molecule is COc1ccc(Cn2nc(C(=C/N)/C(C)=C\N)cc2NCCCCC(=O)N2C(=O)OCC2Cc2ccccc2)cc1.Cc1cnc(Cl)c(F)c1. The highest BCUT2D eigenvalue weighted by molar-refractivity contribution is 6.29. The highest BCUT2D eigenvalue weighted by atomic mass is 35.5. The molecular formula is C37H43ClFN7O4. The summed E-state index contributed by atoms with van der Waals surface area (Å²) in [4.78, 5) is 30.1.